The van der Waals surface area contributed by atoms with Crippen molar-refractivity contribution < 1.29 is 9.13 Å². The SMILES string of the molecule is CC(Oc1cccc(Cl)c1)C(NN)c1ccccc1F. The first-order valence-corrected chi connectivity index (χ1v) is 6.62. The molecule has 0 fully saturated rings. The Morgan fingerprint density at radius 3 is 2.60 bits per heavy atom. The van der Waals surface area contributed by atoms with E-state index < -0.39 is 6.04 Å². The molecule has 2 rings (SSSR count). The van der Waals surface area contributed by atoms with Crippen molar-refractivity contribution in [2.24, 2.45) is 5.84 Å². The lowest BCUT2D eigenvalue weighted by atomic mass is 10.0. The molecule has 0 amide bonds. The van der Waals surface area contributed by atoms with E-state index in [-0.39, 0.29) is 11.9 Å². The zero-order valence-corrected chi connectivity index (χ0v) is 11.8. The third-order valence-corrected chi connectivity index (χ3v) is 3.24. The van der Waals surface area contributed by atoms with E-state index in [9.17, 15) is 4.39 Å². The number of nitrogens with two attached hydrogens (primary N) is 1. The fraction of sp³-hybridized carbons (Fsp3) is 0.200. The molecule has 3 N–H and O–H groups in total. The van der Waals surface area contributed by atoms with Crippen LogP contribution in [0.3, 0.4) is 0 Å². The number of nitrogens with one attached hydrogen (secondary N) is 1. The van der Waals surface area contributed by atoms with Gasteiger partial charge in [0.25, 0.3) is 0 Å². The van der Waals surface area contributed by atoms with E-state index in [0.717, 1.165) is 0 Å². The molecule has 2 aromatic rings. The van der Waals surface area contributed by atoms with E-state index in [1.54, 1.807) is 42.5 Å². The molecule has 5 heteroatoms. The summed E-state index contributed by atoms with van der Waals surface area (Å²) in [6.45, 7) is 1.82. The first kappa shape index (κ1) is 14.8. The van der Waals surface area contributed by atoms with E-state index >= 15 is 0 Å². The first-order chi connectivity index (χ1) is 9.61. The van der Waals surface area contributed by atoms with Gasteiger partial charge in [-0.3, -0.25) is 5.84 Å². The lowest BCUT2D eigenvalue weighted by Gasteiger charge is -2.25. The van der Waals surface area contributed by atoms with E-state index in [0.29, 0.717) is 16.3 Å². The van der Waals surface area contributed by atoms with Gasteiger partial charge in [-0.2, -0.15) is 0 Å². The zero-order valence-electron chi connectivity index (χ0n) is 11.0. The van der Waals surface area contributed by atoms with E-state index in [2.05, 4.69) is 5.43 Å². The summed E-state index contributed by atoms with van der Waals surface area (Å²) < 4.78 is 19.6. The highest BCUT2D eigenvalue weighted by molar-refractivity contribution is 6.30. The summed E-state index contributed by atoms with van der Waals surface area (Å²) in [5.41, 5.74) is 3.06. The van der Waals surface area contributed by atoms with Gasteiger partial charge in [0.1, 0.15) is 17.7 Å². The molecule has 0 aliphatic rings. The molecule has 0 saturated carbocycles. The second-order valence-electron chi connectivity index (χ2n) is 4.45. The zero-order chi connectivity index (χ0) is 14.5. The van der Waals surface area contributed by atoms with Crippen molar-refractivity contribution in [3.8, 4) is 5.75 Å². The predicted molar refractivity (Wildman–Crippen MR) is 78.0 cm³/mol. The quantitative estimate of drug-likeness (QED) is 0.656. The lowest BCUT2D eigenvalue weighted by Crippen LogP contribution is -2.38. The van der Waals surface area contributed by atoms with Crippen LogP contribution in [0, 0.1) is 5.82 Å². The van der Waals surface area contributed by atoms with Gasteiger partial charge < -0.3 is 4.74 Å². The monoisotopic (exact) mass is 294 g/mol. The highest BCUT2D eigenvalue weighted by Gasteiger charge is 2.22. The van der Waals surface area contributed by atoms with E-state index in [1.807, 2.05) is 6.92 Å². The van der Waals surface area contributed by atoms with Crippen LogP contribution in [0.2, 0.25) is 5.02 Å². The van der Waals surface area contributed by atoms with Crippen molar-refractivity contribution in [3.63, 3.8) is 0 Å². The normalized spacial score (nSPS) is 13.8. The molecular weight excluding hydrogens is 279 g/mol. The average Bonchev–Trinajstić information content (AvgIpc) is 2.41. The van der Waals surface area contributed by atoms with Gasteiger partial charge in [0.2, 0.25) is 0 Å². The summed E-state index contributed by atoms with van der Waals surface area (Å²) in [4.78, 5) is 0. The van der Waals surface area contributed by atoms with Crippen LogP contribution in [0.1, 0.15) is 18.5 Å². The molecule has 2 atom stereocenters. The number of ether oxygens (including phenoxy) is 1. The summed E-state index contributed by atoms with van der Waals surface area (Å²) in [5.74, 6) is 5.83. The lowest BCUT2D eigenvalue weighted by molar-refractivity contribution is 0.169. The minimum atomic E-state index is -0.463. The standard InChI is InChI=1S/C15H16ClFN2O/c1-10(20-12-6-4-5-11(16)9-12)15(19-18)13-7-2-3-8-14(13)17/h2-10,15,19H,18H2,1H3. The van der Waals surface area contributed by atoms with Gasteiger partial charge in [0.15, 0.2) is 0 Å². The summed E-state index contributed by atoms with van der Waals surface area (Å²) >= 11 is 5.90. The van der Waals surface area contributed by atoms with Crippen molar-refractivity contribution in [1.29, 1.82) is 0 Å². The molecule has 0 saturated heterocycles. The van der Waals surface area contributed by atoms with Crippen LogP contribution in [0.15, 0.2) is 48.5 Å². The van der Waals surface area contributed by atoms with Crippen molar-refractivity contribution in [3.05, 3.63) is 64.9 Å². The molecule has 0 heterocycles. The molecule has 0 bridgehead atoms. The first-order valence-electron chi connectivity index (χ1n) is 6.24. The fourth-order valence-electron chi connectivity index (χ4n) is 2.03. The predicted octanol–water partition coefficient (Wildman–Crippen LogP) is 3.45. The number of halogens is 2. The number of rotatable bonds is 5. The van der Waals surface area contributed by atoms with Crippen molar-refractivity contribution in [2.75, 3.05) is 0 Å². The van der Waals surface area contributed by atoms with Gasteiger partial charge in [-0.1, -0.05) is 35.9 Å². The molecular formula is C15H16ClFN2O. The fourth-order valence-corrected chi connectivity index (χ4v) is 2.21. The average molecular weight is 295 g/mol. The molecule has 0 aliphatic heterocycles. The maximum absolute atomic E-state index is 13.8. The van der Waals surface area contributed by atoms with E-state index in [1.165, 1.54) is 6.07 Å². The Balaban J connectivity index is 2.18. The Morgan fingerprint density at radius 2 is 1.95 bits per heavy atom. The maximum Gasteiger partial charge on any atom is 0.128 e. The third-order valence-electron chi connectivity index (χ3n) is 3.01. The molecule has 2 aromatic carbocycles. The number of hydrazine groups is 1. The number of benzene rings is 2. The highest BCUT2D eigenvalue weighted by atomic mass is 35.5. The maximum atomic E-state index is 13.8. The molecule has 3 nitrogen and oxygen atoms in total. The van der Waals surface area contributed by atoms with Crippen molar-refractivity contribution >= 4 is 11.6 Å². The molecule has 20 heavy (non-hydrogen) atoms. The van der Waals surface area contributed by atoms with Gasteiger partial charge in [-0.05, 0) is 31.2 Å². The molecule has 106 valence electrons. The summed E-state index contributed by atoms with van der Waals surface area (Å²) in [6.07, 6.45) is -0.365. The van der Waals surface area contributed by atoms with Crippen LogP contribution in [0.25, 0.3) is 0 Å². The summed E-state index contributed by atoms with van der Waals surface area (Å²) in [6, 6.07) is 13.0. The van der Waals surface area contributed by atoms with Crippen LogP contribution in [-0.2, 0) is 0 Å². The minimum Gasteiger partial charge on any atom is -0.489 e. The molecule has 0 radical (unpaired) electrons. The molecule has 0 aliphatic carbocycles. The Kier molecular flexibility index (Phi) is 4.95. The molecule has 2 unspecified atom stereocenters. The van der Waals surface area contributed by atoms with Crippen molar-refractivity contribution in [2.45, 2.75) is 19.1 Å². The Hall–Kier alpha value is -1.62. The van der Waals surface area contributed by atoms with Crippen molar-refractivity contribution in [1.82, 2.24) is 5.43 Å². The summed E-state index contributed by atoms with van der Waals surface area (Å²) in [5, 5.41) is 0.581. The van der Waals surface area contributed by atoms with E-state index in [4.69, 9.17) is 22.2 Å². The van der Waals surface area contributed by atoms with Gasteiger partial charge in [0.05, 0.1) is 6.04 Å². The number of hydrogen-bond donors (Lipinski definition) is 2. The second-order valence-corrected chi connectivity index (χ2v) is 4.88. The van der Waals surface area contributed by atoms with Crippen LogP contribution in [0.4, 0.5) is 4.39 Å². The van der Waals surface area contributed by atoms with Crippen LogP contribution < -0.4 is 16.0 Å². The highest BCUT2D eigenvalue weighted by Crippen LogP contribution is 2.25. The van der Waals surface area contributed by atoms with Crippen LogP contribution in [-0.4, -0.2) is 6.10 Å². The number of hydrogen-bond acceptors (Lipinski definition) is 3. The third kappa shape index (κ3) is 3.48. The van der Waals surface area contributed by atoms with Gasteiger partial charge in [-0.15, -0.1) is 0 Å². The van der Waals surface area contributed by atoms with Crippen LogP contribution in [0.5, 0.6) is 5.75 Å². The van der Waals surface area contributed by atoms with Gasteiger partial charge >= 0.3 is 0 Å². The Bertz CT molecular complexity index is 579. The Labute approximate surface area is 122 Å². The molecule has 0 aromatic heterocycles. The summed E-state index contributed by atoms with van der Waals surface area (Å²) in [7, 11) is 0. The van der Waals surface area contributed by atoms with Gasteiger partial charge in [-0.25, -0.2) is 9.82 Å². The largest absolute Gasteiger partial charge is 0.489 e. The second kappa shape index (κ2) is 6.70. The topological polar surface area (TPSA) is 47.3 Å². The smallest absolute Gasteiger partial charge is 0.128 e. The van der Waals surface area contributed by atoms with Gasteiger partial charge in [0, 0.05) is 10.6 Å². The minimum absolute atomic E-state index is 0.322. The van der Waals surface area contributed by atoms with Crippen LogP contribution >= 0.6 is 11.6 Å². The molecule has 0 spiro atoms. The Morgan fingerprint density at radius 1 is 1.20 bits per heavy atom.